The maximum Gasteiger partial charge on any atom is 0.124 e. The molecule has 0 bridgehead atoms. The lowest BCUT2D eigenvalue weighted by Crippen LogP contribution is -2.36. The largest absolute Gasteiger partial charge is 0.319 e. The van der Waals surface area contributed by atoms with Crippen LogP contribution in [0.15, 0.2) is 18.2 Å². The van der Waals surface area contributed by atoms with Gasteiger partial charge in [-0.1, -0.05) is 0 Å². The highest BCUT2D eigenvalue weighted by Crippen LogP contribution is 2.25. The smallest absolute Gasteiger partial charge is 0.124 e. The van der Waals surface area contributed by atoms with Gasteiger partial charge in [0.05, 0.1) is 16.8 Å². The first-order valence-electron chi connectivity index (χ1n) is 7.16. The quantitative estimate of drug-likeness (QED) is 0.939. The maximum absolute atomic E-state index is 13.2. The van der Waals surface area contributed by atoms with Gasteiger partial charge < -0.3 is 5.32 Å². The minimum absolute atomic E-state index is 0.180. The molecule has 0 unspecified atom stereocenters. The van der Waals surface area contributed by atoms with Crippen LogP contribution in [0.25, 0.3) is 10.2 Å². The van der Waals surface area contributed by atoms with Gasteiger partial charge in [0.15, 0.2) is 0 Å². The zero-order valence-corrected chi connectivity index (χ0v) is 12.5. The Labute approximate surface area is 122 Å². The SMILES string of the molecule is CNCC1CCN(Cc2nc3ccc(F)cc3s2)CC1. The number of fused-ring (bicyclic) bond motifs is 1. The van der Waals surface area contributed by atoms with Crippen LogP contribution in [-0.2, 0) is 6.54 Å². The van der Waals surface area contributed by atoms with E-state index in [9.17, 15) is 4.39 Å². The Morgan fingerprint density at radius 3 is 2.95 bits per heavy atom. The second kappa shape index (κ2) is 6.16. The number of aromatic nitrogens is 1. The summed E-state index contributed by atoms with van der Waals surface area (Å²) < 4.78 is 14.1. The average molecular weight is 293 g/mol. The molecule has 1 N–H and O–H groups in total. The Morgan fingerprint density at radius 2 is 2.20 bits per heavy atom. The van der Waals surface area contributed by atoms with E-state index >= 15 is 0 Å². The number of rotatable bonds is 4. The molecule has 2 aromatic rings. The van der Waals surface area contributed by atoms with Crippen molar-refractivity contribution in [3.63, 3.8) is 0 Å². The van der Waals surface area contributed by atoms with Crippen LogP contribution in [0.2, 0.25) is 0 Å². The summed E-state index contributed by atoms with van der Waals surface area (Å²) in [7, 11) is 2.02. The molecule has 108 valence electrons. The fourth-order valence-electron chi connectivity index (χ4n) is 2.84. The Balaban J connectivity index is 1.62. The first-order chi connectivity index (χ1) is 9.74. The molecule has 5 heteroatoms. The van der Waals surface area contributed by atoms with E-state index in [1.165, 1.54) is 18.9 Å². The van der Waals surface area contributed by atoms with Gasteiger partial charge in [-0.3, -0.25) is 4.90 Å². The van der Waals surface area contributed by atoms with Crippen molar-refractivity contribution in [1.29, 1.82) is 0 Å². The fraction of sp³-hybridized carbons (Fsp3) is 0.533. The van der Waals surface area contributed by atoms with Crippen LogP contribution in [0.5, 0.6) is 0 Å². The Bertz CT molecular complexity index is 576. The van der Waals surface area contributed by atoms with Crippen molar-refractivity contribution in [3.05, 3.63) is 29.0 Å². The molecule has 0 atom stereocenters. The third-order valence-electron chi connectivity index (χ3n) is 3.95. The zero-order valence-electron chi connectivity index (χ0n) is 11.7. The molecule has 3 nitrogen and oxygen atoms in total. The second-order valence-corrected chi connectivity index (χ2v) is 6.61. The predicted octanol–water partition coefficient (Wildman–Crippen LogP) is 2.87. The van der Waals surface area contributed by atoms with Crippen LogP contribution in [0.1, 0.15) is 17.8 Å². The van der Waals surface area contributed by atoms with Crippen molar-refractivity contribution in [3.8, 4) is 0 Å². The average Bonchev–Trinajstić information content (AvgIpc) is 2.82. The molecule has 3 rings (SSSR count). The summed E-state index contributed by atoms with van der Waals surface area (Å²) in [6.45, 7) is 4.29. The fourth-order valence-corrected chi connectivity index (χ4v) is 3.88. The van der Waals surface area contributed by atoms with Gasteiger partial charge in [0, 0.05) is 0 Å². The number of thiazole rings is 1. The molecule has 0 amide bonds. The van der Waals surface area contributed by atoms with Gasteiger partial charge in [-0.15, -0.1) is 11.3 Å². The van der Waals surface area contributed by atoms with Crippen LogP contribution >= 0.6 is 11.3 Å². The maximum atomic E-state index is 13.2. The lowest BCUT2D eigenvalue weighted by molar-refractivity contribution is 0.176. The van der Waals surface area contributed by atoms with Crippen LogP contribution in [0.3, 0.4) is 0 Å². The number of hydrogen-bond acceptors (Lipinski definition) is 4. The van der Waals surface area contributed by atoms with Crippen molar-refractivity contribution in [2.24, 2.45) is 5.92 Å². The van der Waals surface area contributed by atoms with Crippen molar-refractivity contribution in [2.75, 3.05) is 26.7 Å². The summed E-state index contributed by atoms with van der Waals surface area (Å²) in [5.41, 5.74) is 0.913. The third kappa shape index (κ3) is 3.16. The molecule has 2 heterocycles. The topological polar surface area (TPSA) is 28.2 Å². The molecule has 1 saturated heterocycles. The highest BCUT2D eigenvalue weighted by atomic mass is 32.1. The number of likely N-dealkylation sites (tertiary alicyclic amines) is 1. The van der Waals surface area contributed by atoms with Crippen molar-refractivity contribution >= 4 is 21.6 Å². The summed E-state index contributed by atoms with van der Waals surface area (Å²) >= 11 is 1.61. The number of hydrogen-bond donors (Lipinski definition) is 1. The molecule has 1 aliphatic rings. The number of benzene rings is 1. The number of nitrogens with zero attached hydrogens (tertiary/aromatic N) is 2. The normalized spacial score (nSPS) is 17.9. The molecule has 1 fully saturated rings. The molecular weight excluding hydrogens is 273 g/mol. The molecule has 1 aromatic heterocycles. The monoisotopic (exact) mass is 293 g/mol. The second-order valence-electron chi connectivity index (χ2n) is 5.50. The minimum Gasteiger partial charge on any atom is -0.319 e. The van der Waals surface area contributed by atoms with Crippen LogP contribution in [0.4, 0.5) is 4.39 Å². The van der Waals surface area contributed by atoms with Gasteiger partial charge in [0.1, 0.15) is 10.8 Å². The molecule has 1 aromatic carbocycles. The van der Waals surface area contributed by atoms with Gasteiger partial charge in [-0.25, -0.2) is 9.37 Å². The zero-order chi connectivity index (χ0) is 13.9. The highest BCUT2D eigenvalue weighted by Gasteiger charge is 2.19. The predicted molar refractivity (Wildman–Crippen MR) is 81.5 cm³/mol. The van der Waals surface area contributed by atoms with Gasteiger partial charge in [0.2, 0.25) is 0 Å². The van der Waals surface area contributed by atoms with Gasteiger partial charge in [-0.05, 0) is 63.6 Å². The lowest BCUT2D eigenvalue weighted by Gasteiger charge is -2.31. The van der Waals surface area contributed by atoms with E-state index in [1.807, 2.05) is 7.05 Å². The van der Waals surface area contributed by atoms with Crippen LogP contribution in [0, 0.1) is 11.7 Å². The molecule has 0 aliphatic carbocycles. The first kappa shape index (κ1) is 13.9. The van der Waals surface area contributed by atoms with E-state index in [0.717, 1.165) is 47.3 Å². The van der Waals surface area contributed by atoms with Crippen molar-refractivity contribution in [2.45, 2.75) is 19.4 Å². The van der Waals surface area contributed by atoms with E-state index in [0.29, 0.717) is 0 Å². The Morgan fingerprint density at radius 1 is 1.40 bits per heavy atom. The van der Waals surface area contributed by atoms with Gasteiger partial charge in [0.25, 0.3) is 0 Å². The summed E-state index contributed by atoms with van der Waals surface area (Å²) in [5, 5.41) is 4.36. The first-order valence-corrected chi connectivity index (χ1v) is 7.98. The Hall–Kier alpha value is -1.04. The summed E-state index contributed by atoms with van der Waals surface area (Å²) in [4.78, 5) is 7.06. The third-order valence-corrected chi connectivity index (χ3v) is 4.96. The van der Waals surface area contributed by atoms with Gasteiger partial charge in [-0.2, -0.15) is 0 Å². The van der Waals surface area contributed by atoms with E-state index in [2.05, 4.69) is 15.2 Å². The molecule has 0 radical (unpaired) electrons. The molecule has 0 saturated carbocycles. The van der Waals surface area contributed by atoms with Gasteiger partial charge >= 0.3 is 0 Å². The van der Waals surface area contributed by atoms with E-state index < -0.39 is 0 Å². The molecule has 0 spiro atoms. The number of halogens is 1. The minimum atomic E-state index is -0.180. The van der Waals surface area contributed by atoms with Crippen molar-refractivity contribution in [1.82, 2.24) is 15.2 Å². The molecular formula is C15H20FN3S. The standard InChI is InChI=1S/C15H20FN3S/c1-17-9-11-4-6-19(7-5-11)10-15-18-13-3-2-12(16)8-14(13)20-15/h2-3,8,11,17H,4-7,9-10H2,1H3. The summed E-state index contributed by atoms with van der Waals surface area (Å²) in [5.74, 6) is 0.626. The summed E-state index contributed by atoms with van der Waals surface area (Å²) in [6.07, 6.45) is 2.50. The van der Waals surface area contributed by atoms with E-state index in [-0.39, 0.29) is 5.82 Å². The van der Waals surface area contributed by atoms with Crippen LogP contribution in [-0.4, -0.2) is 36.6 Å². The summed E-state index contributed by atoms with van der Waals surface area (Å²) in [6, 6.07) is 4.83. The van der Waals surface area contributed by atoms with Crippen LogP contribution < -0.4 is 5.32 Å². The Kier molecular flexibility index (Phi) is 4.29. The highest BCUT2D eigenvalue weighted by molar-refractivity contribution is 7.18. The van der Waals surface area contributed by atoms with Crippen molar-refractivity contribution < 1.29 is 4.39 Å². The number of piperidine rings is 1. The number of nitrogens with one attached hydrogen (secondary N) is 1. The van der Waals surface area contributed by atoms with E-state index in [1.54, 1.807) is 23.5 Å². The molecule has 1 aliphatic heterocycles. The lowest BCUT2D eigenvalue weighted by atomic mass is 9.97. The van der Waals surface area contributed by atoms with E-state index in [4.69, 9.17) is 0 Å². The molecule has 20 heavy (non-hydrogen) atoms.